The van der Waals surface area contributed by atoms with Gasteiger partial charge in [-0.05, 0) is 33.1 Å². The van der Waals surface area contributed by atoms with E-state index in [1.165, 1.54) is 44.0 Å². The summed E-state index contributed by atoms with van der Waals surface area (Å²) >= 11 is 0. The number of quaternary nitrogens is 1. The second-order valence-electron chi connectivity index (χ2n) is 7.51. The summed E-state index contributed by atoms with van der Waals surface area (Å²) in [7, 11) is 3.18. The first kappa shape index (κ1) is 17.1. The van der Waals surface area contributed by atoms with Crippen molar-refractivity contribution in [3.05, 3.63) is 32.2 Å². The van der Waals surface area contributed by atoms with E-state index in [4.69, 9.17) is 0 Å². The molecule has 0 aliphatic carbocycles. The largest absolute Gasteiger partial charge is 0.333 e. The van der Waals surface area contributed by atoms with Gasteiger partial charge in [0.05, 0.1) is 26.2 Å². The van der Waals surface area contributed by atoms with Crippen molar-refractivity contribution in [1.29, 1.82) is 0 Å². The molecule has 0 unspecified atom stereocenters. The highest BCUT2D eigenvalue weighted by Gasteiger charge is 2.22. The van der Waals surface area contributed by atoms with Crippen LogP contribution in [0.2, 0.25) is 0 Å². The van der Waals surface area contributed by atoms with E-state index >= 15 is 0 Å². The van der Waals surface area contributed by atoms with E-state index in [1.807, 2.05) is 11.3 Å². The molecular formula is C18H27N6O2+. The van der Waals surface area contributed by atoms with Gasteiger partial charge in [0.15, 0.2) is 11.2 Å². The van der Waals surface area contributed by atoms with Crippen LogP contribution in [-0.4, -0.2) is 42.7 Å². The number of imidazole rings is 2. The SMILES string of the molecule is Cc1c(C)n2c3c(=O)n(C)c(=O)n(C)c3nc2n1CC[NH+]1CCCCC1. The number of nitrogens with one attached hydrogen (secondary N) is 1. The molecule has 0 bridgehead atoms. The minimum Gasteiger partial charge on any atom is -0.333 e. The van der Waals surface area contributed by atoms with Crippen LogP contribution >= 0.6 is 0 Å². The molecule has 0 aromatic carbocycles. The number of hydrogen-bond acceptors (Lipinski definition) is 3. The molecule has 0 saturated carbocycles. The number of fused-ring (bicyclic) bond motifs is 3. The Morgan fingerprint density at radius 3 is 2.38 bits per heavy atom. The normalized spacial score (nSPS) is 16.2. The van der Waals surface area contributed by atoms with Crippen LogP contribution in [0.3, 0.4) is 0 Å². The van der Waals surface area contributed by atoms with Gasteiger partial charge in [0.25, 0.3) is 5.56 Å². The molecule has 140 valence electrons. The van der Waals surface area contributed by atoms with Gasteiger partial charge in [0.2, 0.25) is 5.78 Å². The number of aryl methyl sites for hydroxylation is 2. The molecule has 1 saturated heterocycles. The summed E-state index contributed by atoms with van der Waals surface area (Å²) in [5.41, 5.74) is 2.43. The first-order valence-corrected chi connectivity index (χ1v) is 9.39. The summed E-state index contributed by atoms with van der Waals surface area (Å²) < 4.78 is 6.72. The van der Waals surface area contributed by atoms with Gasteiger partial charge in [0, 0.05) is 25.5 Å². The molecule has 4 rings (SSSR count). The second kappa shape index (κ2) is 6.12. The van der Waals surface area contributed by atoms with Crippen molar-refractivity contribution in [3.8, 4) is 0 Å². The molecular weight excluding hydrogens is 332 g/mol. The zero-order chi connectivity index (χ0) is 18.6. The molecule has 3 aromatic heterocycles. The van der Waals surface area contributed by atoms with Gasteiger partial charge >= 0.3 is 5.69 Å². The van der Waals surface area contributed by atoms with Gasteiger partial charge in [-0.2, -0.15) is 4.98 Å². The van der Waals surface area contributed by atoms with E-state index in [1.54, 1.807) is 11.9 Å². The highest BCUT2D eigenvalue weighted by molar-refractivity contribution is 5.76. The predicted octanol–water partition coefficient (Wildman–Crippen LogP) is -0.628. The third kappa shape index (κ3) is 2.35. The monoisotopic (exact) mass is 359 g/mol. The topological polar surface area (TPSA) is 70.7 Å². The number of rotatable bonds is 3. The molecule has 8 nitrogen and oxygen atoms in total. The van der Waals surface area contributed by atoms with Crippen LogP contribution in [0.4, 0.5) is 0 Å². The third-order valence-corrected chi connectivity index (χ3v) is 6.00. The molecule has 8 heteroatoms. The second-order valence-corrected chi connectivity index (χ2v) is 7.51. The highest BCUT2D eigenvalue weighted by atomic mass is 16.2. The number of piperidine rings is 1. The van der Waals surface area contributed by atoms with Gasteiger partial charge in [-0.1, -0.05) is 0 Å². The summed E-state index contributed by atoms with van der Waals surface area (Å²) in [6.45, 7) is 8.50. The van der Waals surface area contributed by atoms with Crippen molar-refractivity contribution in [3.63, 3.8) is 0 Å². The molecule has 0 radical (unpaired) electrons. The Morgan fingerprint density at radius 2 is 1.69 bits per heavy atom. The predicted molar refractivity (Wildman–Crippen MR) is 100 cm³/mol. The molecule has 0 amide bonds. The standard InChI is InChI=1S/C18H26N6O2/c1-12-13(2)24-14-15(20(3)18(26)21(4)16(14)25)19-17(24)23(12)11-10-22-8-6-5-7-9-22/h5-11H2,1-4H3/p+1. The molecule has 1 aliphatic heterocycles. The van der Waals surface area contributed by atoms with Gasteiger partial charge in [-0.25, -0.2) is 4.79 Å². The maximum absolute atomic E-state index is 12.7. The van der Waals surface area contributed by atoms with Crippen LogP contribution in [0.15, 0.2) is 9.59 Å². The van der Waals surface area contributed by atoms with E-state index in [-0.39, 0.29) is 11.2 Å². The fraction of sp³-hybridized carbons (Fsp3) is 0.611. The van der Waals surface area contributed by atoms with Crippen molar-refractivity contribution in [2.24, 2.45) is 14.1 Å². The maximum atomic E-state index is 12.7. The van der Waals surface area contributed by atoms with Crippen molar-refractivity contribution >= 4 is 16.9 Å². The van der Waals surface area contributed by atoms with Crippen LogP contribution in [-0.2, 0) is 20.6 Å². The van der Waals surface area contributed by atoms with E-state index in [0.29, 0.717) is 11.2 Å². The summed E-state index contributed by atoms with van der Waals surface area (Å²) in [6, 6.07) is 0. The first-order valence-electron chi connectivity index (χ1n) is 9.39. The van der Waals surface area contributed by atoms with Gasteiger partial charge in [-0.15, -0.1) is 0 Å². The third-order valence-electron chi connectivity index (χ3n) is 6.00. The summed E-state index contributed by atoms with van der Waals surface area (Å²) in [5.74, 6) is 0.754. The fourth-order valence-electron chi connectivity index (χ4n) is 4.23. The van der Waals surface area contributed by atoms with E-state index in [9.17, 15) is 9.59 Å². The highest BCUT2D eigenvalue weighted by Crippen LogP contribution is 2.20. The Labute approximate surface area is 151 Å². The average Bonchev–Trinajstić information content (AvgIpc) is 3.14. The molecule has 1 aliphatic rings. The molecule has 3 aromatic rings. The summed E-state index contributed by atoms with van der Waals surface area (Å²) in [5, 5.41) is 0. The molecule has 0 spiro atoms. The fourth-order valence-corrected chi connectivity index (χ4v) is 4.23. The van der Waals surface area contributed by atoms with Crippen molar-refractivity contribution in [2.45, 2.75) is 39.7 Å². The molecule has 1 N–H and O–H groups in total. The lowest BCUT2D eigenvalue weighted by Crippen LogP contribution is -3.13. The Hall–Kier alpha value is -2.35. The lowest BCUT2D eigenvalue weighted by molar-refractivity contribution is -0.905. The van der Waals surface area contributed by atoms with Crippen LogP contribution in [0.1, 0.15) is 30.7 Å². The Kier molecular flexibility index (Phi) is 4.02. The molecule has 0 atom stereocenters. The van der Waals surface area contributed by atoms with Crippen LogP contribution in [0.5, 0.6) is 0 Å². The van der Waals surface area contributed by atoms with Crippen LogP contribution in [0, 0.1) is 13.8 Å². The van der Waals surface area contributed by atoms with Gasteiger partial charge in [-0.3, -0.25) is 18.3 Å². The van der Waals surface area contributed by atoms with E-state index < -0.39 is 0 Å². The average molecular weight is 359 g/mol. The summed E-state index contributed by atoms with van der Waals surface area (Å²) in [4.78, 5) is 31.3. The molecule has 26 heavy (non-hydrogen) atoms. The minimum atomic E-state index is -0.345. The zero-order valence-electron chi connectivity index (χ0n) is 16.0. The smallest absolute Gasteiger partial charge is 0.332 e. The Bertz CT molecular complexity index is 1110. The van der Waals surface area contributed by atoms with Crippen molar-refractivity contribution in [1.82, 2.24) is 23.1 Å². The van der Waals surface area contributed by atoms with Gasteiger partial charge in [0.1, 0.15) is 0 Å². The Morgan fingerprint density at radius 1 is 1.00 bits per heavy atom. The van der Waals surface area contributed by atoms with Crippen molar-refractivity contribution < 1.29 is 4.90 Å². The van der Waals surface area contributed by atoms with E-state index in [2.05, 4.69) is 16.5 Å². The molecule has 1 fully saturated rings. The van der Waals surface area contributed by atoms with Crippen molar-refractivity contribution in [2.75, 3.05) is 19.6 Å². The van der Waals surface area contributed by atoms with Gasteiger partial charge < -0.3 is 9.47 Å². The lowest BCUT2D eigenvalue weighted by atomic mass is 10.1. The molecule has 4 heterocycles. The summed E-state index contributed by atoms with van der Waals surface area (Å²) in [6.07, 6.45) is 3.96. The maximum Gasteiger partial charge on any atom is 0.332 e. The number of nitrogens with zero attached hydrogens (tertiary/aromatic N) is 5. The number of likely N-dealkylation sites (tertiary alicyclic amines) is 1. The number of aromatic nitrogens is 5. The first-order chi connectivity index (χ1) is 12.4. The van der Waals surface area contributed by atoms with Crippen LogP contribution < -0.4 is 16.1 Å². The quantitative estimate of drug-likeness (QED) is 0.677. The lowest BCUT2D eigenvalue weighted by Gasteiger charge is -2.23. The minimum absolute atomic E-state index is 0.294. The Balaban J connectivity index is 1.88. The van der Waals surface area contributed by atoms with E-state index in [0.717, 1.165) is 34.8 Å². The number of hydrogen-bond donors (Lipinski definition) is 1. The zero-order valence-corrected chi connectivity index (χ0v) is 16.0. The van der Waals surface area contributed by atoms with Crippen LogP contribution in [0.25, 0.3) is 16.9 Å².